The van der Waals surface area contributed by atoms with Crippen LogP contribution in [-0.4, -0.2) is 5.91 Å². The molecule has 0 unspecified atom stereocenters. The van der Waals surface area contributed by atoms with E-state index in [2.05, 4.69) is 5.32 Å². The maximum absolute atomic E-state index is 12.2. The smallest absolute Gasteiger partial charge is 0.255 e. The molecule has 0 fully saturated rings. The van der Waals surface area contributed by atoms with E-state index >= 15 is 0 Å². The molecule has 1 N–H and O–H groups in total. The topological polar surface area (TPSA) is 29.1 Å². The Morgan fingerprint density at radius 2 is 1.55 bits per heavy atom. The van der Waals surface area contributed by atoms with E-state index in [0.29, 0.717) is 26.3 Å². The van der Waals surface area contributed by atoms with E-state index in [9.17, 15) is 4.79 Å². The van der Waals surface area contributed by atoms with Crippen molar-refractivity contribution in [3.63, 3.8) is 0 Å². The summed E-state index contributed by atoms with van der Waals surface area (Å²) < 4.78 is 0. The number of rotatable bonds is 2. The summed E-state index contributed by atoms with van der Waals surface area (Å²) in [7, 11) is 0. The predicted molar refractivity (Wildman–Crippen MR) is 85.3 cm³/mol. The average Bonchev–Trinajstić information content (AvgIpc) is 2.36. The molecule has 2 rings (SSSR count). The van der Waals surface area contributed by atoms with Crippen molar-refractivity contribution < 1.29 is 4.79 Å². The molecule has 0 spiro atoms. The fourth-order valence-corrected chi connectivity index (χ4v) is 2.64. The van der Waals surface area contributed by atoms with Gasteiger partial charge in [0.25, 0.3) is 5.91 Å². The van der Waals surface area contributed by atoms with E-state index in [-0.39, 0.29) is 5.91 Å². The highest BCUT2D eigenvalue weighted by molar-refractivity contribution is 6.42. The van der Waals surface area contributed by atoms with Crippen LogP contribution in [0.4, 0.5) is 5.69 Å². The first kappa shape index (κ1) is 15.2. The number of carbonyl (C=O) groups is 1. The van der Waals surface area contributed by atoms with Gasteiger partial charge in [0.1, 0.15) is 0 Å². The number of amides is 1. The highest BCUT2D eigenvalue weighted by Crippen LogP contribution is 2.33. The average molecular weight is 329 g/mol. The highest BCUT2D eigenvalue weighted by Gasteiger charge is 2.13. The minimum absolute atomic E-state index is 0.265. The molecule has 104 valence electrons. The van der Waals surface area contributed by atoms with E-state index in [0.717, 1.165) is 11.1 Å². The van der Waals surface area contributed by atoms with Crippen molar-refractivity contribution in [2.45, 2.75) is 13.8 Å². The van der Waals surface area contributed by atoms with Crippen LogP contribution in [-0.2, 0) is 0 Å². The van der Waals surface area contributed by atoms with Crippen LogP contribution in [0.2, 0.25) is 15.1 Å². The summed E-state index contributed by atoms with van der Waals surface area (Å²) >= 11 is 17.9. The number of nitrogens with one attached hydrogen (secondary N) is 1. The number of benzene rings is 2. The lowest BCUT2D eigenvalue weighted by molar-refractivity contribution is 0.102. The SMILES string of the molecule is Cc1ccc(C(=O)Nc2c(Cl)cc(Cl)cc2Cl)cc1C. The Kier molecular flexibility index (Phi) is 4.59. The monoisotopic (exact) mass is 327 g/mol. The number of hydrogen-bond donors (Lipinski definition) is 1. The standard InChI is InChI=1S/C15H12Cl3NO/c1-8-3-4-10(5-9(8)2)15(20)19-14-12(17)6-11(16)7-13(14)18/h3-7H,1-2H3,(H,19,20). The van der Waals surface area contributed by atoms with Crippen molar-refractivity contribution in [1.82, 2.24) is 0 Å². The maximum atomic E-state index is 12.2. The number of anilines is 1. The molecule has 0 bridgehead atoms. The Balaban J connectivity index is 2.30. The molecule has 0 saturated carbocycles. The summed E-state index contributed by atoms with van der Waals surface area (Å²) in [4.78, 5) is 12.2. The van der Waals surface area contributed by atoms with Crippen LogP contribution >= 0.6 is 34.8 Å². The fraction of sp³-hybridized carbons (Fsp3) is 0.133. The van der Waals surface area contributed by atoms with Crippen LogP contribution in [0.3, 0.4) is 0 Å². The van der Waals surface area contributed by atoms with Crippen molar-refractivity contribution >= 4 is 46.4 Å². The van der Waals surface area contributed by atoms with Gasteiger partial charge in [0.15, 0.2) is 0 Å². The van der Waals surface area contributed by atoms with E-state index in [1.807, 2.05) is 26.0 Å². The van der Waals surface area contributed by atoms with Gasteiger partial charge in [-0.15, -0.1) is 0 Å². The molecular weight excluding hydrogens is 317 g/mol. The first-order valence-electron chi connectivity index (χ1n) is 5.91. The van der Waals surface area contributed by atoms with Gasteiger partial charge in [-0.2, -0.15) is 0 Å². The van der Waals surface area contributed by atoms with Gasteiger partial charge in [0, 0.05) is 10.6 Å². The molecule has 0 aliphatic heterocycles. The molecular formula is C15H12Cl3NO. The largest absolute Gasteiger partial charge is 0.319 e. The molecule has 0 saturated heterocycles. The highest BCUT2D eigenvalue weighted by atomic mass is 35.5. The van der Waals surface area contributed by atoms with Gasteiger partial charge in [0.05, 0.1) is 15.7 Å². The first-order valence-corrected chi connectivity index (χ1v) is 7.05. The Morgan fingerprint density at radius 1 is 0.950 bits per heavy atom. The molecule has 2 aromatic carbocycles. The van der Waals surface area contributed by atoms with Crippen molar-refractivity contribution in [3.8, 4) is 0 Å². The Bertz CT molecular complexity index is 660. The third kappa shape index (κ3) is 3.26. The second-order valence-electron chi connectivity index (χ2n) is 4.50. The summed E-state index contributed by atoms with van der Waals surface area (Å²) in [6.07, 6.45) is 0. The van der Waals surface area contributed by atoms with Gasteiger partial charge < -0.3 is 5.32 Å². The Hall–Kier alpha value is -1.22. The van der Waals surface area contributed by atoms with E-state index in [1.165, 1.54) is 12.1 Å². The van der Waals surface area contributed by atoms with Crippen molar-refractivity contribution in [2.24, 2.45) is 0 Å². The summed E-state index contributed by atoms with van der Waals surface area (Å²) in [6, 6.07) is 8.54. The van der Waals surface area contributed by atoms with Gasteiger partial charge >= 0.3 is 0 Å². The van der Waals surface area contributed by atoms with Crippen LogP contribution in [0, 0.1) is 13.8 Å². The van der Waals surface area contributed by atoms with Crippen LogP contribution in [0.15, 0.2) is 30.3 Å². The molecule has 5 heteroatoms. The number of carbonyl (C=O) groups excluding carboxylic acids is 1. The lowest BCUT2D eigenvalue weighted by Gasteiger charge is -2.10. The van der Waals surface area contributed by atoms with Gasteiger partial charge in [-0.3, -0.25) is 4.79 Å². The number of halogens is 3. The molecule has 2 nitrogen and oxygen atoms in total. The summed E-state index contributed by atoms with van der Waals surface area (Å²) in [5, 5.41) is 3.74. The van der Waals surface area contributed by atoms with Crippen molar-refractivity contribution in [2.75, 3.05) is 5.32 Å². The molecule has 0 radical (unpaired) electrons. The van der Waals surface area contributed by atoms with E-state index in [1.54, 1.807) is 6.07 Å². The molecule has 0 aromatic heterocycles. The third-order valence-corrected chi connectivity index (χ3v) is 3.83. The second-order valence-corrected chi connectivity index (χ2v) is 5.75. The Labute approximate surface area is 132 Å². The van der Waals surface area contributed by atoms with Gasteiger partial charge in [0.2, 0.25) is 0 Å². The quantitative estimate of drug-likeness (QED) is 0.773. The molecule has 0 aliphatic rings. The van der Waals surface area contributed by atoms with Gasteiger partial charge in [-0.1, -0.05) is 40.9 Å². The third-order valence-electron chi connectivity index (χ3n) is 3.01. The zero-order valence-corrected chi connectivity index (χ0v) is 13.2. The first-order chi connectivity index (χ1) is 9.38. The lowest BCUT2D eigenvalue weighted by atomic mass is 10.1. The van der Waals surface area contributed by atoms with Crippen LogP contribution in [0.5, 0.6) is 0 Å². The zero-order chi connectivity index (χ0) is 14.9. The van der Waals surface area contributed by atoms with Gasteiger partial charge in [-0.05, 0) is 49.2 Å². The minimum Gasteiger partial charge on any atom is -0.319 e. The zero-order valence-electron chi connectivity index (χ0n) is 10.9. The molecule has 20 heavy (non-hydrogen) atoms. The predicted octanol–water partition coefficient (Wildman–Crippen LogP) is 5.52. The minimum atomic E-state index is -0.265. The van der Waals surface area contributed by atoms with E-state index in [4.69, 9.17) is 34.8 Å². The molecule has 1 amide bonds. The lowest BCUT2D eigenvalue weighted by Crippen LogP contribution is -2.13. The Morgan fingerprint density at radius 3 is 2.10 bits per heavy atom. The fourth-order valence-electron chi connectivity index (χ4n) is 1.73. The second kappa shape index (κ2) is 6.04. The van der Waals surface area contributed by atoms with Crippen molar-refractivity contribution in [3.05, 3.63) is 62.1 Å². The maximum Gasteiger partial charge on any atom is 0.255 e. The summed E-state index contributed by atoms with van der Waals surface area (Å²) in [5.74, 6) is -0.265. The number of hydrogen-bond acceptors (Lipinski definition) is 1. The molecule has 2 aromatic rings. The summed E-state index contributed by atoms with van der Waals surface area (Å²) in [5.41, 5.74) is 3.09. The molecule has 0 heterocycles. The van der Waals surface area contributed by atoms with Crippen LogP contribution in [0.1, 0.15) is 21.5 Å². The normalized spacial score (nSPS) is 10.4. The number of aryl methyl sites for hydroxylation is 2. The van der Waals surface area contributed by atoms with Crippen molar-refractivity contribution in [1.29, 1.82) is 0 Å². The summed E-state index contributed by atoms with van der Waals surface area (Å²) in [6.45, 7) is 3.94. The van der Waals surface area contributed by atoms with Crippen LogP contribution < -0.4 is 5.32 Å². The van der Waals surface area contributed by atoms with E-state index < -0.39 is 0 Å². The molecule has 0 atom stereocenters. The molecule has 0 aliphatic carbocycles. The van der Waals surface area contributed by atoms with Crippen LogP contribution in [0.25, 0.3) is 0 Å². The van der Waals surface area contributed by atoms with Gasteiger partial charge in [-0.25, -0.2) is 0 Å².